The Bertz CT molecular complexity index is 1090. The van der Waals surface area contributed by atoms with Crippen molar-refractivity contribution in [3.63, 3.8) is 0 Å². The third-order valence-electron chi connectivity index (χ3n) is 13.0. The molecule has 0 aliphatic heterocycles. The van der Waals surface area contributed by atoms with Crippen molar-refractivity contribution in [2.75, 3.05) is 6.61 Å². The number of aliphatic hydroxyl groups excluding tert-OH is 7. The normalized spacial score (nSPS) is 22.8. The second kappa shape index (κ2) is 39.3. The molecule has 1 fully saturated rings. The van der Waals surface area contributed by atoms with E-state index in [9.17, 15) is 50.0 Å². The number of rotatable bonds is 44. The molecular weight excluding hydrogens is 826 g/mol. The summed E-state index contributed by atoms with van der Waals surface area (Å²) in [7, 11) is -5.12. The quantitative estimate of drug-likeness (QED) is 0.0206. The molecule has 0 radical (unpaired) electrons. The van der Waals surface area contributed by atoms with Gasteiger partial charge in [0.05, 0.1) is 31.3 Å². The van der Waals surface area contributed by atoms with Crippen LogP contribution in [-0.2, 0) is 18.4 Å². The fraction of sp³-hybridized carbons (Fsp3) is 0.980. The summed E-state index contributed by atoms with van der Waals surface area (Å²) in [6, 6.07) is -1.15. The molecule has 0 spiro atoms. The van der Waals surface area contributed by atoms with Gasteiger partial charge in [-0.3, -0.25) is 13.8 Å². The smallest absolute Gasteiger partial charge is 0.393 e. The Morgan fingerprint density at radius 3 is 1.14 bits per heavy atom. The monoisotopic (exact) mass is 924 g/mol. The first-order chi connectivity index (χ1) is 30.3. The van der Waals surface area contributed by atoms with Crippen molar-refractivity contribution in [3.8, 4) is 0 Å². The van der Waals surface area contributed by atoms with Gasteiger partial charge in [0, 0.05) is 0 Å². The summed E-state index contributed by atoms with van der Waals surface area (Å²) in [6.45, 7) is 3.82. The highest BCUT2D eigenvalue weighted by Gasteiger charge is 2.51. The molecular formula is C49H98NO12P. The minimum atomic E-state index is -5.12. The zero-order chi connectivity index (χ0) is 46.6. The van der Waals surface area contributed by atoms with E-state index in [2.05, 4.69) is 19.2 Å². The molecule has 0 heterocycles. The lowest BCUT2D eigenvalue weighted by Crippen LogP contribution is -2.64. The van der Waals surface area contributed by atoms with Gasteiger partial charge < -0.3 is 46.0 Å². The lowest BCUT2D eigenvalue weighted by Gasteiger charge is -2.41. The molecule has 0 aromatic carbocycles. The zero-order valence-electron chi connectivity index (χ0n) is 40.0. The van der Waals surface area contributed by atoms with E-state index in [-0.39, 0.29) is 12.8 Å². The van der Waals surface area contributed by atoms with Gasteiger partial charge in [0.25, 0.3) is 0 Å². The molecule has 14 heteroatoms. The highest BCUT2D eigenvalue weighted by molar-refractivity contribution is 7.47. The number of unbranched alkanes of at least 4 members (excludes halogenated alkanes) is 31. The van der Waals surface area contributed by atoms with E-state index in [1.165, 1.54) is 154 Å². The Morgan fingerprint density at radius 1 is 0.492 bits per heavy atom. The Kier molecular flexibility index (Phi) is 37.6. The minimum Gasteiger partial charge on any atom is -0.393 e. The summed E-state index contributed by atoms with van der Waals surface area (Å²) in [5, 5.41) is 74.8. The van der Waals surface area contributed by atoms with E-state index in [1.807, 2.05) is 0 Å². The highest BCUT2D eigenvalue weighted by atomic mass is 31.2. The van der Waals surface area contributed by atoms with Crippen molar-refractivity contribution in [2.45, 2.75) is 300 Å². The predicted octanol–water partition coefficient (Wildman–Crippen LogP) is 9.60. The van der Waals surface area contributed by atoms with Crippen molar-refractivity contribution in [3.05, 3.63) is 0 Å². The summed E-state index contributed by atoms with van der Waals surface area (Å²) in [6.07, 6.45) is 27.1. The SMILES string of the molecule is CCCCCCCCCCCCCCCCCCCC(O)CC(=O)NC(COP(=O)(O)OC1C(O)C(O)C(O)C(O)C1O)C(O)CCCCCCCCCCCCCCCCCC. The van der Waals surface area contributed by atoms with Gasteiger partial charge in [-0.2, -0.15) is 0 Å². The van der Waals surface area contributed by atoms with Crippen LogP contribution in [0.2, 0.25) is 0 Å². The van der Waals surface area contributed by atoms with E-state index < -0.39 is 75.2 Å². The summed E-state index contributed by atoms with van der Waals surface area (Å²) >= 11 is 0. The minimum absolute atomic E-state index is 0.215. The Labute approximate surface area is 383 Å². The first kappa shape index (κ1) is 60.3. The van der Waals surface area contributed by atoms with E-state index in [0.717, 1.165) is 51.4 Å². The van der Waals surface area contributed by atoms with E-state index in [4.69, 9.17) is 9.05 Å². The molecule has 0 aromatic rings. The molecule has 0 bridgehead atoms. The lowest BCUT2D eigenvalue weighted by atomic mass is 9.85. The number of hydrogen-bond donors (Lipinski definition) is 9. The summed E-state index contributed by atoms with van der Waals surface area (Å²) in [5.74, 6) is -0.554. The maximum absolute atomic E-state index is 13.1. The largest absolute Gasteiger partial charge is 0.472 e. The molecule has 1 aliphatic carbocycles. The topological polar surface area (TPSA) is 226 Å². The lowest BCUT2D eigenvalue weighted by molar-refractivity contribution is -0.220. The summed E-state index contributed by atoms with van der Waals surface area (Å²) in [4.78, 5) is 23.5. The van der Waals surface area contributed by atoms with Crippen LogP contribution in [0, 0.1) is 0 Å². The number of phosphoric ester groups is 1. The number of aliphatic hydroxyl groups is 7. The molecule has 9 N–H and O–H groups in total. The second-order valence-electron chi connectivity index (χ2n) is 18.9. The highest BCUT2D eigenvalue weighted by Crippen LogP contribution is 2.47. The average Bonchev–Trinajstić information content (AvgIpc) is 3.26. The van der Waals surface area contributed by atoms with Crippen molar-refractivity contribution in [1.82, 2.24) is 5.32 Å². The molecule has 63 heavy (non-hydrogen) atoms. The van der Waals surface area contributed by atoms with Gasteiger partial charge in [-0.05, 0) is 12.8 Å². The van der Waals surface area contributed by atoms with Crippen LogP contribution >= 0.6 is 7.82 Å². The van der Waals surface area contributed by atoms with E-state index >= 15 is 0 Å². The van der Waals surface area contributed by atoms with Crippen molar-refractivity contribution in [2.24, 2.45) is 0 Å². The molecule has 8 atom stereocenters. The third-order valence-corrected chi connectivity index (χ3v) is 14.0. The predicted molar refractivity (Wildman–Crippen MR) is 252 cm³/mol. The number of hydrogen-bond acceptors (Lipinski definition) is 11. The maximum Gasteiger partial charge on any atom is 0.472 e. The fourth-order valence-electron chi connectivity index (χ4n) is 8.72. The molecule has 0 saturated heterocycles. The summed E-state index contributed by atoms with van der Waals surface area (Å²) in [5.41, 5.74) is 0. The number of carbonyl (C=O) groups is 1. The molecule has 1 rings (SSSR count). The molecule has 1 aliphatic rings. The van der Waals surface area contributed by atoms with Gasteiger partial charge in [-0.1, -0.05) is 226 Å². The van der Waals surface area contributed by atoms with E-state index in [0.29, 0.717) is 12.8 Å². The molecule has 1 amide bonds. The van der Waals surface area contributed by atoms with Crippen LogP contribution in [0.25, 0.3) is 0 Å². The van der Waals surface area contributed by atoms with Crippen LogP contribution in [0.4, 0.5) is 0 Å². The Balaban J connectivity index is 2.45. The van der Waals surface area contributed by atoms with E-state index in [1.54, 1.807) is 0 Å². The van der Waals surface area contributed by atoms with Crippen LogP contribution in [0.1, 0.15) is 245 Å². The van der Waals surface area contributed by atoms with Crippen LogP contribution in [0.3, 0.4) is 0 Å². The molecule has 376 valence electrons. The third kappa shape index (κ3) is 31.1. The van der Waals surface area contributed by atoms with Crippen LogP contribution in [0.5, 0.6) is 0 Å². The Morgan fingerprint density at radius 2 is 0.794 bits per heavy atom. The molecule has 0 aromatic heterocycles. The first-order valence-corrected chi connectivity index (χ1v) is 27.6. The van der Waals surface area contributed by atoms with Crippen molar-refractivity contribution in [1.29, 1.82) is 0 Å². The second-order valence-corrected chi connectivity index (χ2v) is 20.3. The van der Waals surface area contributed by atoms with Crippen LogP contribution in [0.15, 0.2) is 0 Å². The standard InChI is InChI=1S/C49H98NO12P/c1-3-5-7-9-11-13-15-17-19-21-22-24-26-28-30-32-34-36-40(51)38-43(53)50-41(39-61-63(59,60)62-49-47(57)45(55)44(54)46(56)48(49)58)42(52)37-35-33-31-29-27-25-23-20-18-16-14-12-10-8-6-4-2/h40-42,44-49,51-52,54-58H,3-39H2,1-2H3,(H,50,53)(H,59,60). The Hall–Kier alpha value is -0.700. The molecule has 1 saturated carbocycles. The van der Waals surface area contributed by atoms with Gasteiger partial charge in [0.1, 0.15) is 36.6 Å². The molecule has 13 nitrogen and oxygen atoms in total. The van der Waals surface area contributed by atoms with Gasteiger partial charge in [-0.15, -0.1) is 0 Å². The number of nitrogens with one attached hydrogen (secondary N) is 1. The van der Waals surface area contributed by atoms with Gasteiger partial charge in [0.15, 0.2) is 0 Å². The van der Waals surface area contributed by atoms with Gasteiger partial charge in [0.2, 0.25) is 5.91 Å². The average molecular weight is 924 g/mol. The van der Waals surface area contributed by atoms with Crippen molar-refractivity contribution < 1.29 is 59.0 Å². The number of amides is 1. The number of carbonyl (C=O) groups excluding carboxylic acids is 1. The molecule has 8 unspecified atom stereocenters. The maximum atomic E-state index is 13.1. The number of phosphoric acid groups is 1. The van der Waals surface area contributed by atoms with Gasteiger partial charge >= 0.3 is 7.82 Å². The summed E-state index contributed by atoms with van der Waals surface area (Å²) < 4.78 is 23.0. The van der Waals surface area contributed by atoms with Crippen LogP contribution < -0.4 is 5.32 Å². The first-order valence-electron chi connectivity index (χ1n) is 26.1. The zero-order valence-corrected chi connectivity index (χ0v) is 40.9. The van der Waals surface area contributed by atoms with Crippen LogP contribution in [-0.4, -0.2) is 108 Å². The van der Waals surface area contributed by atoms with Crippen molar-refractivity contribution >= 4 is 13.7 Å². The fourth-order valence-corrected chi connectivity index (χ4v) is 9.69. The van der Waals surface area contributed by atoms with Gasteiger partial charge in [-0.25, -0.2) is 4.57 Å².